The third-order valence-corrected chi connectivity index (χ3v) is 4.78. The Morgan fingerprint density at radius 3 is 2.00 bits per heavy atom. The van der Waals surface area contributed by atoms with E-state index in [9.17, 15) is 9.59 Å². The van der Waals surface area contributed by atoms with E-state index < -0.39 is 17.9 Å². The molecule has 0 N–H and O–H groups in total. The first-order valence-electron chi connectivity index (χ1n) is 9.07. The number of hydrogen-bond acceptors (Lipinski definition) is 4. The maximum Gasteiger partial charge on any atom is 0.320 e. The summed E-state index contributed by atoms with van der Waals surface area (Å²) in [6, 6.07) is 9.87. The minimum Gasteiger partial charge on any atom is -0.465 e. The van der Waals surface area contributed by atoms with Crippen molar-refractivity contribution in [3.05, 3.63) is 35.9 Å². The Morgan fingerprint density at radius 2 is 1.50 bits per heavy atom. The molecule has 0 aliphatic heterocycles. The Morgan fingerprint density at radius 1 is 0.958 bits per heavy atom. The molecule has 1 aromatic carbocycles. The van der Waals surface area contributed by atoms with Crippen molar-refractivity contribution in [1.29, 1.82) is 0 Å². The molecule has 1 aliphatic carbocycles. The average Bonchev–Trinajstić information content (AvgIpc) is 2.61. The van der Waals surface area contributed by atoms with E-state index in [1.54, 1.807) is 13.8 Å². The van der Waals surface area contributed by atoms with Gasteiger partial charge in [0.15, 0.2) is 5.92 Å². The largest absolute Gasteiger partial charge is 0.465 e. The van der Waals surface area contributed by atoms with Gasteiger partial charge in [0.1, 0.15) is 0 Å². The van der Waals surface area contributed by atoms with Gasteiger partial charge in [0.05, 0.1) is 13.2 Å². The highest BCUT2D eigenvalue weighted by Crippen LogP contribution is 2.41. The molecule has 2 rings (SSSR count). The van der Waals surface area contributed by atoms with Crippen molar-refractivity contribution < 1.29 is 19.1 Å². The zero-order valence-corrected chi connectivity index (χ0v) is 14.7. The van der Waals surface area contributed by atoms with Crippen molar-refractivity contribution in [3.8, 4) is 0 Å². The van der Waals surface area contributed by atoms with Crippen LogP contribution < -0.4 is 0 Å². The second kappa shape index (κ2) is 9.45. The Hall–Kier alpha value is -1.84. The van der Waals surface area contributed by atoms with Crippen LogP contribution in [0.4, 0.5) is 0 Å². The molecule has 1 unspecified atom stereocenters. The Kier molecular flexibility index (Phi) is 7.29. The number of ether oxygens (including phenoxy) is 2. The molecular weight excluding hydrogens is 304 g/mol. The average molecular weight is 332 g/mol. The summed E-state index contributed by atoms with van der Waals surface area (Å²) in [5.41, 5.74) is 1.02. The summed E-state index contributed by atoms with van der Waals surface area (Å²) >= 11 is 0. The van der Waals surface area contributed by atoms with Gasteiger partial charge in [-0.15, -0.1) is 0 Å². The van der Waals surface area contributed by atoms with Crippen molar-refractivity contribution in [2.75, 3.05) is 13.2 Å². The molecule has 0 spiro atoms. The van der Waals surface area contributed by atoms with Gasteiger partial charge >= 0.3 is 11.9 Å². The summed E-state index contributed by atoms with van der Waals surface area (Å²) in [5.74, 6) is -1.68. The fraction of sp³-hybridized carbons (Fsp3) is 0.600. The minimum absolute atomic E-state index is 0.176. The van der Waals surface area contributed by atoms with Crippen LogP contribution in [-0.2, 0) is 19.1 Å². The van der Waals surface area contributed by atoms with E-state index in [0.29, 0.717) is 5.92 Å². The van der Waals surface area contributed by atoms with Gasteiger partial charge in [-0.3, -0.25) is 9.59 Å². The topological polar surface area (TPSA) is 52.6 Å². The standard InChI is InChI=1S/C20H28O4/c1-3-23-19(21)18(20(22)24-4-2)17(15-11-7-5-8-12-15)16-13-9-6-10-14-16/h5,7-8,11-12,16-18H,3-4,6,9-10,13-14H2,1-2H3. The zero-order chi connectivity index (χ0) is 17.4. The Balaban J connectivity index is 2.38. The molecule has 0 radical (unpaired) electrons. The van der Waals surface area contributed by atoms with Crippen LogP contribution in [0.1, 0.15) is 57.4 Å². The number of hydrogen-bond donors (Lipinski definition) is 0. The van der Waals surface area contributed by atoms with E-state index in [0.717, 1.165) is 31.2 Å². The molecule has 1 saturated carbocycles. The monoisotopic (exact) mass is 332 g/mol. The zero-order valence-electron chi connectivity index (χ0n) is 14.7. The molecule has 4 heteroatoms. The van der Waals surface area contributed by atoms with Crippen LogP contribution in [0.5, 0.6) is 0 Å². The van der Waals surface area contributed by atoms with Gasteiger partial charge in [0.2, 0.25) is 0 Å². The summed E-state index contributed by atoms with van der Waals surface area (Å²) in [5, 5.41) is 0. The normalized spacial score (nSPS) is 16.6. The van der Waals surface area contributed by atoms with E-state index in [4.69, 9.17) is 9.47 Å². The summed E-state index contributed by atoms with van der Waals surface area (Å²) in [6.07, 6.45) is 5.59. The van der Waals surface area contributed by atoms with E-state index in [1.807, 2.05) is 30.3 Å². The third kappa shape index (κ3) is 4.59. The van der Waals surface area contributed by atoms with Gasteiger partial charge in [0.25, 0.3) is 0 Å². The van der Waals surface area contributed by atoms with Gasteiger partial charge in [-0.25, -0.2) is 0 Å². The molecular formula is C20H28O4. The molecule has 1 aliphatic rings. The van der Waals surface area contributed by atoms with Crippen molar-refractivity contribution in [3.63, 3.8) is 0 Å². The molecule has 4 nitrogen and oxygen atoms in total. The smallest absolute Gasteiger partial charge is 0.320 e. The number of benzene rings is 1. The lowest BCUT2D eigenvalue weighted by molar-refractivity contribution is -0.163. The van der Waals surface area contributed by atoms with Crippen molar-refractivity contribution in [2.45, 2.75) is 51.9 Å². The van der Waals surface area contributed by atoms with Crippen LogP contribution in [0.25, 0.3) is 0 Å². The van der Waals surface area contributed by atoms with Crippen molar-refractivity contribution in [2.24, 2.45) is 11.8 Å². The second-order valence-electron chi connectivity index (χ2n) is 6.32. The summed E-state index contributed by atoms with van der Waals surface area (Å²) in [4.78, 5) is 25.2. The predicted molar refractivity (Wildman–Crippen MR) is 92.5 cm³/mol. The van der Waals surface area contributed by atoms with E-state index in [2.05, 4.69) is 0 Å². The first-order valence-corrected chi connectivity index (χ1v) is 9.07. The van der Waals surface area contributed by atoms with Gasteiger partial charge in [-0.2, -0.15) is 0 Å². The highest BCUT2D eigenvalue weighted by atomic mass is 16.6. The molecule has 1 fully saturated rings. The molecule has 0 saturated heterocycles. The Bertz CT molecular complexity index is 502. The number of carbonyl (C=O) groups excluding carboxylic acids is 2. The minimum atomic E-state index is -0.879. The first-order chi connectivity index (χ1) is 11.7. The lowest BCUT2D eigenvalue weighted by Gasteiger charge is -2.34. The van der Waals surface area contributed by atoms with E-state index >= 15 is 0 Å². The SMILES string of the molecule is CCOC(=O)C(C(=O)OCC)C(c1ccccc1)C1CCCCC1. The highest BCUT2D eigenvalue weighted by molar-refractivity contribution is 5.96. The molecule has 0 amide bonds. The molecule has 132 valence electrons. The van der Waals surface area contributed by atoms with Gasteiger partial charge < -0.3 is 9.47 Å². The van der Waals surface area contributed by atoms with Crippen LogP contribution in [0.3, 0.4) is 0 Å². The van der Waals surface area contributed by atoms with Gasteiger partial charge in [0, 0.05) is 5.92 Å². The third-order valence-electron chi connectivity index (χ3n) is 4.78. The number of esters is 2. The lowest BCUT2D eigenvalue weighted by atomic mass is 9.71. The van der Waals surface area contributed by atoms with E-state index in [-0.39, 0.29) is 19.1 Å². The molecule has 0 bridgehead atoms. The fourth-order valence-corrected chi connectivity index (χ4v) is 3.76. The van der Waals surface area contributed by atoms with Crippen LogP contribution in [0, 0.1) is 11.8 Å². The second-order valence-corrected chi connectivity index (χ2v) is 6.32. The van der Waals surface area contributed by atoms with Crippen LogP contribution in [-0.4, -0.2) is 25.2 Å². The maximum absolute atomic E-state index is 12.6. The van der Waals surface area contributed by atoms with Crippen LogP contribution in [0.2, 0.25) is 0 Å². The number of rotatable bonds is 7. The van der Waals surface area contributed by atoms with Crippen LogP contribution in [0.15, 0.2) is 30.3 Å². The first kappa shape index (κ1) is 18.5. The summed E-state index contributed by atoms with van der Waals surface area (Å²) < 4.78 is 10.5. The quantitative estimate of drug-likeness (QED) is 0.557. The molecule has 0 heterocycles. The summed E-state index contributed by atoms with van der Waals surface area (Å²) in [7, 11) is 0. The highest BCUT2D eigenvalue weighted by Gasteiger charge is 2.42. The van der Waals surface area contributed by atoms with Crippen LogP contribution >= 0.6 is 0 Å². The van der Waals surface area contributed by atoms with Gasteiger partial charge in [-0.1, -0.05) is 49.6 Å². The lowest BCUT2D eigenvalue weighted by Crippen LogP contribution is -2.37. The summed E-state index contributed by atoms with van der Waals surface area (Å²) in [6.45, 7) is 4.05. The molecule has 0 aromatic heterocycles. The Labute approximate surface area is 144 Å². The van der Waals surface area contributed by atoms with E-state index in [1.165, 1.54) is 6.42 Å². The maximum atomic E-state index is 12.6. The number of carbonyl (C=O) groups is 2. The molecule has 24 heavy (non-hydrogen) atoms. The molecule has 1 atom stereocenters. The van der Waals surface area contributed by atoms with Crippen molar-refractivity contribution >= 4 is 11.9 Å². The predicted octanol–water partition coefficient (Wildman–Crippen LogP) is 4.09. The van der Waals surface area contributed by atoms with Gasteiger partial charge in [-0.05, 0) is 38.2 Å². The fourth-order valence-electron chi connectivity index (χ4n) is 3.76. The molecule has 1 aromatic rings. The van der Waals surface area contributed by atoms with Crippen molar-refractivity contribution in [1.82, 2.24) is 0 Å².